The topological polar surface area (TPSA) is 44.9 Å². The number of fused-ring (bicyclic) bond motifs is 3. The van der Waals surface area contributed by atoms with E-state index in [9.17, 15) is 0 Å². The quantitative estimate of drug-likeness (QED) is 0.108. The van der Waals surface area contributed by atoms with Gasteiger partial charge in [0.05, 0.1) is 39.5 Å². The summed E-state index contributed by atoms with van der Waals surface area (Å²) in [6, 6.07) is 76.4. The molecule has 0 aliphatic rings. The molecule has 0 unspecified atom stereocenters. The number of benzene rings is 10. The third kappa shape index (κ3) is 10.0. The van der Waals surface area contributed by atoms with Gasteiger partial charge in [-0.3, -0.25) is 9.97 Å². The van der Waals surface area contributed by atoms with Gasteiger partial charge >= 0.3 is 21.1 Å². The van der Waals surface area contributed by atoms with Gasteiger partial charge in [0, 0.05) is 23.2 Å². The molecule has 7 heteroatoms. The van der Waals surface area contributed by atoms with Crippen LogP contribution in [0, 0.1) is 17.9 Å². The molecule has 2 heterocycles. The Labute approximate surface area is 477 Å². The number of aromatic nitrogens is 4. The molecule has 0 bridgehead atoms. The van der Waals surface area contributed by atoms with Crippen molar-refractivity contribution in [2.45, 2.75) is 79.1 Å². The third-order valence-corrected chi connectivity index (χ3v) is 15.1. The minimum atomic E-state index is -0.346. The molecule has 10 aromatic carbocycles. The third-order valence-electron chi connectivity index (χ3n) is 15.1. The van der Waals surface area contributed by atoms with Crippen LogP contribution in [0.3, 0.4) is 0 Å². The van der Waals surface area contributed by atoms with E-state index in [-0.39, 0.29) is 50.6 Å². The Bertz CT molecular complexity index is 4130. The van der Waals surface area contributed by atoms with Crippen LogP contribution in [0.4, 0.5) is 4.39 Å². The molecule has 0 N–H and O–H groups in total. The Hall–Kier alpha value is -8.18. The number of hydrogen-bond acceptors (Lipinski definition) is 3. The van der Waals surface area contributed by atoms with Gasteiger partial charge in [0.1, 0.15) is 5.82 Å². The van der Waals surface area contributed by atoms with Crippen LogP contribution in [0.1, 0.15) is 101 Å². The largest absolute Gasteiger partial charge is 2.00 e. The Morgan fingerprint density at radius 1 is 0.405 bits per heavy atom. The van der Waals surface area contributed by atoms with Crippen molar-refractivity contribution < 1.29 is 30.2 Å². The zero-order valence-electron chi connectivity index (χ0n) is 45.8. The molecule has 0 amide bonds. The van der Waals surface area contributed by atoms with Crippen LogP contribution in [0.5, 0.6) is 11.5 Å². The first-order chi connectivity index (χ1) is 37.9. The van der Waals surface area contributed by atoms with Crippen molar-refractivity contribution in [3.8, 4) is 79.0 Å². The average molecular weight is 1210 g/mol. The summed E-state index contributed by atoms with van der Waals surface area (Å²) >= 11 is 0. The predicted octanol–water partition coefficient (Wildman–Crippen LogP) is 19.9. The smallest absolute Gasteiger partial charge is 0.496 e. The number of nitrogens with zero attached hydrogens (tertiary/aromatic N) is 4. The summed E-state index contributed by atoms with van der Waals surface area (Å²) in [6.45, 7) is 18.1. The maximum Gasteiger partial charge on any atom is 2.00 e. The fourth-order valence-electron chi connectivity index (χ4n) is 11.1. The maximum atomic E-state index is 15.3. The zero-order chi connectivity index (χ0) is 53.8. The van der Waals surface area contributed by atoms with Crippen molar-refractivity contribution in [2.75, 3.05) is 0 Å². The van der Waals surface area contributed by atoms with Crippen molar-refractivity contribution in [2.24, 2.45) is 0 Å². The van der Waals surface area contributed by atoms with Gasteiger partial charge in [0.2, 0.25) is 0 Å². The molecular weight excluding hydrogens is 1150 g/mol. The number of rotatable bonds is 13. The summed E-state index contributed by atoms with van der Waals surface area (Å²) in [6.07, 6.45) is 0. The van der Waals surface area contributed by atoms with Crippen LogP contribution in [0.15, 0.2) is 200 Å². The fourth-order valence-corrected chi connectivity index (χ4v) is 11.1. The first-order valence-electron chi connectivity index (χ1n) is 27.3. The number of hydrogen-bond donors (Lipinski definition) is 0. The summed E-state index contributed by atoms with van der Waals surface area (Å²) < 4.78 is 26.9. The van der Waals surface area contributed by atoms with E-state index in [4.69, 9.17) is 14.7 Å². The van der Waals surface area contributed by atoms with Gasteiger partial charge in [0.25, 0.3) is 0 Å². The number of ether oxygens (including phenoxy) is 1. The molecule has 5 nitrogen and oxygen atoms in total. The second-order valence-electron chi connectivity index (χ2n) is 21.7. The van der Waals surface area contributed by atoms with Gasteiger partial charge < -0.3 is 13.9 Å². The molecule has 0 fully saturated rings. The molecule has 0 atom stereocenters. The second kappa shape index (κ2) is 21.9. The molecule has 79 heavy (non-hydrogen) atoms. The molecular formula is C72H61FN4OPt. The van der Waals surface area contributed by atoms with Crippen LogP contribution in [0.2, 0.25) is 0 Å². The summed E-state index contributed by atoms with van der Waals surface area (Å²) in [5, 5.41) is 1.84. The number of imidazole rings is 2. The van der Waals surface area contributed by atoms with Gasteiger partial charge in [-0.15, -0.1) is 35.4 Å². The maximum absolute atomic E-state index is 15.3. The van der Waals surface area contributed by atoms with E-state index in [0.717, 1.165) is 72.3 Å². The van der Waals surface area contributed by atoms with Gasteiger partial charge in [-0.2, -0.15) is 0 Å². The summed E-state index contributed by atoms with van der Waals surface area (Å²) in [5.74, 6) is 2.81. The van der Waals surface area contributed by atoms with Gasteiger partial charge in [0.15, 0.2) is 0 Å². The van der Waals surface area contributed by atoms with Crippen molar-refractivity contribution in [1.82, 2.24) is 19.1 Å². The van der Waals surface area contributed by atoms with E-state index in [1.807, 2.05) is 42.5 Å². The Morgan fingerprint density at radius 2 is 0.873 bits per heavy atom. The van der Waals surface area contributed by atoms with E-state index >= 15 is 4.39 Å². The van der Waals surface area contributed by atoms with Crippen molar-refractivity contribution in [3.05, 3.63) is 240 Å². The molecule has 12 aromatic rings. The first-order valence-corrected chi connectivity index (χ1v) is 27.3. The van der Waals surface area contributed by atoms with Gasteiger partial charge in [-0.25, -0.2) is 4.39 Å². The molecule has 0 aliphatic heterocycles. The van der Waals surface area contributed by atoms with Crippen LogP contribution in [-0.4, -0.2) is 19.1 Å². The van der Waals surface area contributed by atoms with E-state index < -0.39 is 0 Å². The van der Waals surface area contributed by atoms with E-state index in [0.29, 0.717) is 28.4 Å². The van der Waals surface area contributed by atoms with Crippen LogP contribution in [0.25, 0.3) is 100 Å². The van der Waals surface area contributed by atoms with Crippen molar-refractivity contribution in [3.63, 3.8) is 0 Å². The SMILES string of the molecule is CC(C)c1cc(-c2ccccc2)cc(C(C)C)c1-n1c(-c2[c-]c(Oc3[c-]c(-c4nc5cc(F)ccc5n4-c4c(C(C)C)cc(-c5ccc(-c6ccccc6)cc5)cc4C(C)C)cc4ccccc34)ccc2)nc2ccccc21.[Pt+2]. The van der Waals surface area contributed by atoms with E-state index in [1.165, 1.54) is 45.5 Å². The average Bonchev–Trinajstić information content (AvgIpc) is 4.25. The normalized spacial score (nSPS) is 11.7. The van der Waals surface area contributed by atoms with Crippen LogP contribution in [-0.2, 0) is 21.1 Å². The van der Waals surface area contributed by atoms with Crippen molar-refractivity contribution in [1.29, 1.82) is 0 Å². The summed E-state index contributed by atoms with van der Waals surface area (Å²) in [5.41, 5.74) is 18.8. The molecule has 0 saturated carbocycles. The fraction of sp³-hybridized carbons (Fsp3) is 0.167. The van der Waals surface area contributed by atoms with E-state index in [2.05, 4.69) is 222 Å². The van der Waals surface area contributed by atoms with Crippen LogP contribution >= 0.6 is 0 Å². The minimum absolute atomic E-state index is 0. The summed E-state index contributed by atoms with van der Waals surface area (Å²) in [4.78, 5) is 10.7. The van der Waals surface area contributed by atoms with Crippen LogP contribution < -0.4 is 4.74 Å². The zero-order valence-corrected chi connectivity index (χ0v) is 48.0. The molecule has 0 radical (unpaired) electrons. The van der Waals surface area contributed by atoms with Gasteiger partial charge in [-0.1, -0.05) is 200 Å². The molecule has 0 saturated heterocycles. The Balaban J connectivity index is 0.00000660. The minimum Gasteiger partial charge on any atom is -0.496 e. The number of para-hydroxylation sites is 2. The Morgan fingerprint density at radius 3 is 1.46 bits per heavy atom. The number of halogens is 1. The van der Waals surface area contributed by atoms with Crippen molar-refractivity contribution >= 4 is 32.8 Å². The molecule has 0 spiro atoms. The van der Waals surface area contributed by atoms with Gasteiger partial charge in [-0.05, 0) is 128 Å². The molecule has 2 aromatic heterocycles. The molecule has 12 rings (SSSR count). The molecule has 392 valence electrons. The van der Waals surface area contributed by atoms with E-state index in [1.54, 1.807) is 0 Å². The second-order valence-corrected chi connectivity index (χ2v) is 21.7. The monoisotopic (exact) mass is 1210 g/mol. The molecule has 0 aliphatic carbocycles. The first kappa shape index (κ1) is 52.9. The predicted molar refractivity (Wildman–Crippen MR) is 321 cm³/mol. The summed E-state index contributed by atoms with van der Waals surface area (Å²) in [7, 11) is 0. The Kier molecular flexibility index (Phi) is 14.7. The standard InChI is InChI=1S/C72H61FN4O.Pt/c1-44(2)60-38-54(49-22-13-10-14-23-49)39-61(45(3)4)69(60)76-66-29-18-17-28-64(66)74-71(76)53-25-19-26-58(37-53)78-68-42-56(36-52-24-15-16-27-59(52)68)72-75-65-43-57(73)34-35-67(65)77(72)70-62(46(5)6)40-55(41-63(70)47(7)8)51-32-30-50(31-33-51)48-20-11-9-12-21-48;/h9-36,38-41,43-47H,1-8H3;/q-2;+2.